The summed E-state index contributed by atoms with van der Waals surface area (Å²) < 4.78 is 2.28. The van der Waals surface area contributed by atoms with Crippen molar-refractivity contribution in [1.82, 2.24) is 9.55 Å². The Kier molecular flexibility index (Phi) is 5.26. The van der Waals surface area contributed by atoms with Crippen LogP contribution >= 0.6 is 0 Å². The molecule has 3 nitrogen and oxygen atoms in total. The molecule has 7 rings (SSSR count). The zero-order valence-electron chi connectivity index (χ0n) is 20.8. The van der Waals surface area contributed by atoms with Gasteiger partial charge >= 0.3 is 0 Å². The van der Waals surface area contributed by atoms with Gasteiger partial charge in [-0.05, 0) is 70.4 Å². The topological polar surface area (TPSA) is 29.9 Å². The van der Waals surface area contributed by atoms with Crippen molar-refractivity contribution in [3.8, 4) is 16.9 Å². The first-order chi connectivity index (χ1) is 18.8. The molecule has 0 atom stereocenters. The average Bonchev–Trinajstić information content (AvgIpc) is 3.30. The average molecular weight is 488 g/mol. The molecule has 0 radical (unpaired) electrons. The zero-order chi connectivity index (χ0) is 25.5. The molecule has 0 unspecified atom stereocenters. The molecule has 38 heavy (non-hydrogen) atoms. The largest absolute Gasteiger partial charge is 0.355 e. The Bertz CT molecular complexity index is 1950. The molecular weight excluding hydrogens is 462 g/mol. The van der Waals surface area contributed by atoms with Gasteiger partial charge in [0.15, 0.2) is 0 Å². The lowest BCUT2D eigenvalue weighted by Gasteiger charge is -2.14. The number of para-hydroxylation sites is 2. The maximum absolute atomic E-state index is 4.82. The van der Waals surface area contributed by atoms with Crippen LogP contribution in [0.4, 0.5) is 11.4 Å². The van der Waals surface area contributed by atoms with Crippen LogP contribution in [-0.4, -0.2) is 9.55 Å². The van der Waals surface area contributed by atoms with Gasteiger partial charge in [0, 0.05) is 33.9 Å². The first-order valence-corrected chi connectivity index (χ1v) is 12.8. The van der Waals surface area contributed by atoms with Gasteiger partial charge in [0.25, 0.3) is 0 Å². The van der Waals surface area contributed by atoms with Crippen LogP contribution < -0.4 is 5.32 Å². The molecule has 2 heterocycles. The van der Waals surface area contributed by atoms with Crippen LogP contribution in [0.15, 0.2) is 134 Å². The van der Waals surface area contributed by atoms with E-state index in [1.807, 2.05) is 36.5 Å². The second-order valence-electron chi connectivity index (χ2n) is 9.43. The highest BCUT2D eigenvalue weighted by atomic mass is 15.1. The predicted molar refractivity (Wildman–Crippen MR) is 161 cm³/mol. The maximum atomic E-state index is 4.82. The summed E-state index contributed by atoms with van der Waals surface area (Å²) in [5.41, 5.74) is 7.78. The van der Waals surface area contributed by atoms with Gasteiger partial charge in [-0.25, -0.2) is 4.98 Å². The van der Waals surface area contributed by atoms with Crippen molar-refractivity contribution in [3.63, 3.8) is 0 Å². The lowest BCUT2D eigenvalue weighted by molar-refractivity contribution is 1.08. The molecule has 0 aliphatic heterocycles. The summed E-state index contributed by atoms with van der Waals surface area (Å²) >= 11 is 0. The summed E-state index contributed by atoms with van der Waals surface area (Å²) in [6.45, 7) is 4.16. The molecule has 2 aromatic heterocycles. The molecule has 7 aromatic rings. The van der Waals surface area contributed by atoms with Gasteiger partial charge in [-0.15, -0.1) is 0 Å². The van der Waals surface area contributed by atoms with E-state index in [0.717, 1.165) is 44.7 Å². The first-order valence-electron chi connectivity index (χ1n) is 12.8. The van der Waals surface area contributed by atoms with E-state index in [4.69, 9.17) is 4.98 Å². The first kappa shape index (κ1) is 22.1. The number of nitrogens with one attached hydrogen (secondary N) is 1. The Morgan fingerprint density at radius 1 is 0.632 bits per heavy atom. The Morgan fingerprint density at radius 3 is 2.21 bits per heavy atom. The molecule has 0 saturated heterocycles. The molecule has 5 aromatic carbocycles. The number of nitrogens with zero attached hydrogens (tertiary/aromatic N) is 2. The highest BCUT2D eigenvalue weighted by molar-refractivity contribution is 6.15. The fourth-order valence-electron chi connectivity index (χ4n) is 5.41. The van der Waals surface area contributed by atoms with Gasteiger partial charge in [0.2, 0.25) is 0 Å². The normalized spacial score (nSPS) is 11.3. The van der Waals surface area contributed by atoms with Crippen molar-refractivity contribution in [2.45, 2.75) is 0 Å². The molecule has 1 N–H and O–H groups in total. The van der Waals surface area contributed by atoms with Crippen molar-refractivity contribution in [2.75, 3.05) is 5.32 Å². The van der Waals surface area contributed by atoms with E-state index in [0.29, 0.717) is 0 Å². The van der Waals surface area contributed by atoms with Gasteiger partial charge in [-0.1, -0.05) is 85.5 Å². The summed E-state index contributed by atoms with van der Waals surface area (Å²) in [6, 6.07) is 42.4. The van der Waals surface area contributed by atoms with Gasteiger partial charge in [0.05, 0.1) is 11.0 Å². The van der Waals surface area contributed by atoms with Crippen LogP contribution in [0.3, 0.4) is 0 Å². The standard InChI is InChI=1S/C35H25N3/c1-2-28-30-23-31-29-15-9-10-16-33(29)38(35-22-25(19-20-36-35)24-11-5-3-6-12-24)34(31)21-26(30)17-18-32(28)37-27-13-7-4-8-14-27/h2-23,37H,1H2. The fourth-order valence-corrected chi connectivity index (χ4v) is 5.41. The molecule has 180 valence electrons. The third-order valence-corrected chi connectivity index (χ3v) is 7.19. The summed E-state index contributed by atoms with van der Waals surface area (Å²) in [6.07, 6.45) is 3.85. The number of rotatable bonds is 5. The second-order valence-corrected chi connectivity index (χ2v) is 9.43. The SMILES string of the molecule is C=Cc1c(Nc2ccccc2)ccc2cc3c(cc12)c1ccccc1n3-c1cc(-c2ccccc2)ccn1. The van der Waals surface area contributed by atoms with Gasteiger partial charge in [-0.3, -0.25) is 4.57 Å². The Morgan fingerprint density at radius 2 is 1.39 bits per heavy atom. The smallest absolute Gasteiger partial charge is 0.138 e. The van der Waals surface area contributed by atoms with E-state index >= 15 is 0 Å². The van der Waals surface area contributed by atoms with Crippen LogP contribution in [0.1, 0.15) is 5.56 Å². The zero-order valence-corrected chi connectivity index (χ0v) is 20.8. The quantitative estimate of drug-likeness (QED) is 0.262. The monoisotopic (exact) mass is 487 g/mol. The van der Waals surface area contributed by atoms with Crippen molar-refractivity contribution in [1.29, 1.82) is 0 Å². The number of hydrogen-bond donors (Lipinski definition) is 1. The minimum absolute atomic E-state index is 0.906. The third-order valence-electron chi connectivity index (χ3n) is 7.19. The van der Waals surface area contributed by atoms with E-state index in [1.165, 1.54) is 21.7 Å². The molecule has 0 fully saturated rings. The molecule has 0 saturated carbocycles. The highest BCUT2D eigenvalue weighted by Crippen LogP contribution is 2.38. The molecule has 3 heteroatoms. The minimum Gasteiger partial charge on any atom is -0.355 e. The van der Waals surface area contributed by atoms with E-state index in [9.17, 15) is 0 Å². The lowest BCUT2D eigenvalue weighted by Crippen LogP contribution is -1.98. The molecule has 0 spiro atoms. The molecule has 0 aliphatic rings. The summed E-state index contributed by atoms with van der Waals surface area (Å²) in [5.74, 6) is 0.906. The van der Waals surface area contributed by atoms with E-state index in [-0.39, 0.29) is 0 Å². The van der Waals surface area contributed by atoms with Crippen LogP contribution in [0.2, 0.25) is 0 Å². The van der Waals surface area contributed by atoms with Crippen LogP contribution in [-0.2, 0) is 0 Å². The third kappa shape index (κ3) is 3.64. The van der Waals surface area contributed by atoms with Crippen LogP contribution in [0.25, 0.3) is 55.6 Å². The Balaban J connectivity index is 1.47. The minimum atomic E-state index is 0.906. The van der Waals surface area contributed by atoms with Gasteiger partial charge in [-0.2, -0.15) is 0 Å². The van der Waals surface area contributed by atoms with Crippen molar-refractivity contribution in [3.05, 3.63) is 140 Å². The van der Waals surface area contributed by atoms with Gasteiger partial charge < -0.3 is 5.32 Å². The fraction of sp³-hybridized carbons (Fsp3) is 0. The van der Waals surface area contributed by atoms with Crippen LogP contribution in [0, 0.1) is 0 Å². The predicted octanol–water partition coefficient (Wildman–Crippen LogP) is 9.39. The number of anilines is 2. The van der Waals surface area contributed by atoms with Crippen LogP contribution in [0.5, 0.6) is 0 Å². The van der Waals surface area contributed by atoms with E-state index < -0.39 is 0 Å². The molecule has 0 bridgehead atoms. The number of aromatic nitrogens is 2. The second kappa shape index (κ2) is 9.06. The van der Waals surface area contributed by atoms with Gasteiger partial charge in [0.1, 0.15) is 5.82 Å². The maximum Gasteiger partial charge on any atom is 0.138 e. The summed E-state index contributed by atoms with van der Waals surface area (Å²) in [7, 11) is 0. The molecular formula is C35H25N3. The summed E-state index contributed by atoms with van der Waals surface area (Å²) in [5, 5.41) is 8.29. The number of hydrogen-bond acceptors (Lipinski definition) is 2. The van der Waals surface area contributed by atoms with E-state index in [2.05, 4.69) is 114 Å². The van der Waals surface area contributed by atoms with Crippen molar-refractivity contribution in [2.24, 2.45) is 0 Å². The van der Waals surface area contributed by atoms with E-state index in [1.54, 1.807) is 0 Å². The molecule has 0 aliphatic carbocycles. The van der Waals surface area contributed by atoms with Crippen molar-refractivity contribution < 1.29 is 0 Å². The Hall–Kier alpha value is -5.15. The number of pyridine rings is 1. The number of benzene rings is 5. The lowest BCUT2D eigenvalue weighted by atomic mass is 9.99. The molecule has 0 amide bonds. The summed E-state index contributed by atoms with van der Waals surface area (Å²) in [4.78, 5) is 4.82. The highest BCUT2D eigenvalue weighted by Gasteiger charge is 2.16. The Labute approximate surface area is 221 Å². The van der Waals surface area contributed by atoms with Crippen molar-refractivity contribution >= 4 is 50.0 Å². The number of fused-ring (bicyclic) bond motifs is 4.